The number of nitrogens with zero attached hydrogens (tertiary/aromatic N) is 4. The van der Waals surface area contributed by atoms with Gasteiger partial charge in [0.1, 0.15) is 18.2 Å². The van der Waals surface area contributed by atoms with Crippen LogP contribution in [0.1, 0.15) is 25.5 Å². The van der Waals surface area contributed by atoms with E-state index in [1.807, 2.05) is 16.9 Å². The van der Waals surface area contributed by atoms with Crippen LogP contribution in [-0.2, 0) is 16.2 Å². The van der Waals surface area contributed by atoms with Crippen LogP contribution in [0.2, 0.25) is 25.7 Å². The second-order valence-electron chi connectivity index (χ2n) is 8.93. The Hall–Kier alpha value is -2.16. The van der Waals surface area contributed by atoms with E-state index in [0.717, 1.165) is 60.7 Å². The average molecular weight is 415 g/mol. The van der Waals surface area contributed by atoms with Crippen LogP contribution in [0.5, 0.6) is 5.75 Å². The van der Waals surface area contributed by atoms with Gasteiger partial charge < -0.3 is 14.6 Å². The van der Waals surface area contributed by atoms with Gasteiger partial charge in [-0.15, -0.1) is 0 Å². The summed E-state index contributed by atoms with van der Waals surface area (Å²) in [6.07, 6.45) is 6.86. The van der Waals surface area contributed by atoms with Gasteiger partial charge in [0.2, 0.25) is 0 Å². The van der Waals surface area contributed by atoms with E-state index in [-0.39, 0.29) is 12.0 Å². The van der Waals surface area contributed by atoms with Crippen molar-refractivity contribution in [1.82, 2.24) is 19.6 Å². The molecule has 3 aromatic rings. The highest BCUT2D eigenvalue weighted by Gasteiger charge is 2.22. The first-order valence-corrected chi connectivity index (χ1v) is 14.0. The van der Waals surface area contributed by atoms with Crippen molar-refractivity contribution in [2.45, 2.75) is 57.9 Å². The molecule has 1 fully saturated rings. The number of ether oxygens (including phenoxy) is 2. The van der Waals surface area contributed by atoms with Crippen molar-refractivity contribution in [2.24, 2.45) is 0 Å². The fourth-order valence-electron chi connectivity index (χ4n) is 3.57. The highest BCUT2D eigenvalue weighted by molar-refractivity contribution is 6.76. The number of aromatic hydroxyl groups is 1. The predicted octanol–water partition coefficient (Wildman–Crippen LogP) is 4.62. The molecule has 1 N–H and O–H groups in total. The van der Waals surface area contributed by atoms with E-state index in [1.165, 1.54) is 0 Å². The first-order chi connectivity index (χ1) is 13.9. The second-order valence-corrected chi connectivity index (χ2v) is 14.6. The lowest BCUT2D eigenvalue weighted by molar-refractivity contribution is -0.0365. The zero-order valence-electron chi connectivity index (χ0n) is 17.5. The van der Waals surface area contributed by atoms with Crippen molar-refractivity contribution in [3.05, 3.63) is 30.6 Å². The molecule has 0 aliphatic carbocycles. The Morgan fingerprint density at radius 2 is 2.14 bits per heavy atom. The lowest BCUT2D eigenvalue weighted by atomic mass is 10.1. The molecule has 2 aromatic heterocycles. The molecule has 0 amide bonds. The van der Waals surface area contributed by atoms with Crippen LogP contribution in [-0.4, -0.2) is 46.0 Å². The van der Waals surface area contributed by atoms with Crippen LogP contribution >= 0.6 is 0 Å². The Labute approximate surface area is 172 Å². The number of phenols is 1. The molecule has 29 heavy (non-hydrogen) atoms. The standard InChI is InChI=1S/C21H30N4O3Si/c1-29(2,3)11-10-27-15-24-14-16(13-22-24)21-18-12-17(26)7-8-19(18)25(23-21)20-6-4-5-9-28-20/h7-8,12-14,20,26H,4-6,9-11,15H2,1-3H3. The molecule has 1 saturated heterocycles. The summed E-state index contributed by atoms with van der Waals surface area (Å²) in [5.74, 6) is 0.227. The molecular weight excluding hydrogens is 384 g/mol. The molecule has 1 aliphatic rings. The summed E-state index contributed by atoms with van der Waals surface area (Å²) in [4.78, 5) is 0. The fourth-order valence-corrected chi connectivity index (χ4v) is 4.33. The van der Waals surface area contributed by atoms with Crippen molar-refractivity contribution in [3.63, 3.8) is 0 Å². The van der Waals surface area contributed by atoms with Crippen LogP contribution in [0.3, 0.4) is 0 Å². The Morgan fingerprint density at radius 1 is 1.28 bits per heavy atom. The highest BCUT2D eigenvalue weighted by Crippen LogP contribution is 2.34. The van der Waals surface area contributed by atoms with Gasteiger partial charge in [0.05, 0.1) is 11.7 Å². The first kappa shape index (κ1) is 20.1. The third kappa shape index (κ3) is 4.71. The summed E-state index contributed by atoms with van der Waals surface area (Å²) in [5, 5.41) is 20.2. The van der Waals surface area contributed by atoms with Crippen LogP contribution < -0.4 is 0 Å². The SMILES string of the molecule is C[Si](C)(C)CCOCn1cc(-c2nn(C3CCCCO3)c3ccc(O)cc23)cn1. The van der Waals surface area contributed by atoms with Crippen LogP contribution in [0, 0.1) is 0 Å². The Bertz CT molecular complexity index is 970. The molecule has 1 aromatic carbocycles. The van der Waals surface area contributed by atoms with Crippen LogP contribution in [0.4, 0.5) is 0 Å². The summed E-state index contributed by atoms with van der Waals surface area (Å²) in [6.45, 7) is 8.97. The number of rotatable bonds is 7. The van der Waals surface area contributed by atoms with Gasteiger partial charge >= 0.3 is 0 Å². The van der Waals surface area contributed by atoms with Crippen molar-refractivity contribution in [2.75, 3.05) is 13.2 Å². The summed E-state index contributed by atoms with van der Waals surface area (Å²) >= 11 is 0. The lowest BCUT2D eigenvalue weighted by Crippen LogP contribution is -2.22. The van der Waals surface area contributed by atoms with E-state index >= 15 is 0 Å². The van der Waals surface area contributed by atoms with E-state index in [0.29, 0.717) is 6.73 Å². The van der Waals surface area contributed by atoms with Gasteiger partial charge in [0.15, 0.2) is 6.23 Å². The minimum absolute atomic E-state index is 0.0653. The Kier molecular flexibility index (Phi) is 5.76. The van der Waals surface area contributed by atoms with Gasteiger partial charge in [-0.25, -0.2) is 9.36 Å². The zero-order chi connectivity index (χ0) is 20.4. The largest absolute Gasteiger partial charge is 0.508 e. The van der Waals surface area contributed by atoms with Gasteiger partial charge in [-0.3, -0.25) is 0 Å². The van der Waals surface area contributed by atoms with Gasteiger partial charge in [-0.05, 0) is 43.5 Å². The maximum atomic E-state index is 10.0. The van der Waals surface area contributed by atoms with Gasteiger partial charge in [0.25, 0.3) is 0 Å². The number of aromatic nitrogens is 4. The van der Waals surface area contributed by atoms with Gasteiger partial charge in [-0.2, -0.15) is 10.2 Å². The number of fused-ring (bicyclic) bond motifs is 1. The Balaban J connectivity index is 1.57. The summed E-state index contributed by atoms with van der Waals surface area (Å²) in [5.41, 5.74) is 2.67. The molecule has 7 nitrogen and oxygen atoms in total. The first-order valence-electron chi connectivity index (χ1n) is 10.3. The normalized spacial score (nSPS) is 17.8. The van der Waals surface area contributed by atoms with E-state index in [2.05, 4.69) is 24.7 Å². The number of hydrogen-bond acceptors (Lipinski definition) is 5. The molecule has 0 spiro atoms. The summed E-state index contributed by atoms with van der Waals surface area (Å²) < 4.78 is 15.5. The highest BCUT2D eigenvalue weighted by atomic mass is 28.3. The molecule has 1 unspecified atom stereocenters. The van der Waals surface area contributed by atoms with Crippen molar-refractivity contribution < 1.29 is 14.6 Å². The number of benzene rings is 1. The molecular formula is C21H30N4O3Si. The fraction of sp³-hybridized carbons (Fsp3) is 0.524. The zero-order valence-corrected chi connectivity index (χ0v) is 18.5. The molecule has 0 radical (unpaired) electrons. The van der Waals surface area contributed by atoms with E-state index in [4.69, 9.17) is 14.6 Å². The van der Waals surface area contributed by atoms with Crippen molar-refractivity contribution in [1.29, 1.82) is 0 Å². The monoisotopic (exact) mass is 414 g/mol. The molecule has 0 saturated carbocycles. The number of phenolic OH excluding ortho intramolecular Hbond substituents is 1. The molecule has 1 atom stereocenters. The quantitative estimate of drug-likeness (QED) is 0.451. The molecule has 4 rings (SSSR count). The Morgan fingerprint density at radius 3 is 2.90 bits per heavy atom. The summed E-state index contributed by atoms with van der Waals surface area (Å²) in [7, 11) is -1.10. The van der Waals surface area contributed by atoms with Crippen LogP contribution in [0.15, 0.2) is 30.6 Å². The number of hydrogen-bond donors (Lipinski definition) is 1. The maximum Gasteiger partial charge on any atom is 0.150 e. The van der Waals surface area contributed by atoms with E-state index in [9.17, 15) is 5.11 Å². The van der Waals surface area contributed by atoms with Crippen molar-refractivity contribution in [3.8, 4) is 17.0 Å². The third-order valence-electron chi connectivity index (χ3n) is 5.24. The predicted molar refractivity (Wildman–Crippen MR) is 116 cm³/mol. The maximum absolute atomic E-state index is 10.0. The minimum atomic E-state index is -1.10. The van der Waals surface area contributed by atoms with E-state index in [1.54, 1.807) is 23.0 Å². The van der Waals surface area contributed by atoms with E-state index < -0.39 is 8.07 Å². The average Bonchev–Trinajstić information content (AvgIpc) is 3.29. The van der Waals surface area contributed by atoms with Gasteiger partial charge in [0, 0.05) is 38.4 Å². The molecule has 8 heteroatoms. The molecule has 156 valence electrons. The molecule has 1 aliphatic heterocycles. The third-order valence-corrected chi connectivity index (χ3v) is 6.95. The lowest BCUT2D eigenvalue weighted by Gasteiger charge is -2.23. The smallest absolute Gasteiger partial charge is 0.150 e. The molecule has 0 bridgehead atoms. The minimum Gasteiger partial charge on any atom is -0.508 e. The van der Waals surface area contributed by atoms with Crippen molar-refractivity contribution >= 4 is 19.0 Å². The van der Waals surface area contributed by atoms with Crippen LogP contribution in [0.25, 0.3) is 22.2 Å². The van der Waals surface area contributed by atoms with Gasteiger partial charge in [-0.1, -0.05) is 19.6 Å². The summed E-state index contributed by atoms with van der Waals surface area (Å²) in [6, 6.07) is 6.50. The second kappa shape index (κ2) is 8.29. The molecule has 3 heterocycles. The topological polar surface area (TPSA) is 74.3 Å².